The molecule has 1 heterocycles. The zero-order valence-corrected chi connectivity index (χ0v) is 20.2. The lowest BCUT2D eigenvalue weighted by Crippen LogP contribution is -2.04. The molecular weight excluding hydrogens is 446 g/mol. The Balaban J connectivity index is 1.82. The predicted molar refractivity (Wildman–Crippen MR) is 135 cm³/mol. The van der Waals surface area contributed by atoms with Crippen LogP contribution in [0.2, 0.25) is 0 Å². The highest BCUT2D eigenvalue weighted by atomic mass is 16.5. The summed E-state index contributed by atoms with van der Waals surface area (Å²) in [5.74, 6) is 2.09. The number of carbonyl (C=O) groups is 1. The Kier molecular flexibility index (Phi) is 7.35. The minimum absolute atomic E-state index is 0.219. The smallest absolute Gasteiger partial charge is 0.231 e. The molecule has 7 nitrogen and oxygen atoms in total. The first-order valence-electron chi connectivity index (χ1n) is 11.2. The lowest BCUT2D eigenvalue weighted by atomic mass is 10.00. The van der Waals surface area contributed by atoms with E-state index in [0.717, 1.165) is 6.42 Å². The van der Waals surface area contributed by atoms with Crippen molar-refractivity contribution in [3.63, 3.8) is 0 Å². The van der Waals surface area contributed by atoms with Gasteiger partial charge in [0.25, 0.3) is 0 Å². The topological polar surface area (TPSA) is 80.0 Å². The third-order valence-corrected chi connectivity index (χ3v) is 5.36. The Hall–Kier alpha value is -4.26. The van der Waals surface area contributed by atoms with Crippen LogP contribution in [0.15, 0.2) is 65.1 Å². The van der Waals surface area contributed by atoms with Crippen LogP contribution >= 0.6 is 0 Å². The van der Waals surface area contributed by atoms with Crippen molar-refractivity contribution in [1.29, 1.82) is 0 Å². The third kappa shape index (κ3) is 5.14. The Morgan fingerprint density at radius 3 is 2.23 bits per heavy atom. The van der Waals surface area contributed by atoms with Crippen LogP contribution in [0.25, 0.3) is 22.7 Å². The molecule has 7 heteroatoms. The molecule has 1 aromatic heterocycles. The largest absolute Gasteiger partial charge is 0.494 e. The molecule has 0 amide bonds. The first kappa shape index (κ1) is 23.9. The fourth-order valence-electron chi connectivity index (χ4n) is 3.64. The molecule has 0 saturated carbocycles. The summed E-state index contributed by atoms with van der Waals surface area (Å²) in [7, 11) is 4.62. The van der Waals surface area contributed by atoms with E-state index in [0.29, 0.717) is 51.8 Å². The molecule has 0 atom stereocenters. The highest BCUT2D eigenvalue weighted by Crippen LogP contribution is 2.39. The van der Waals surface area contributed by atoms with Gasteiger partial charge >= 0.3 is 0 Å². The molecule has 180 valence electrons. The molecule has 0 bridgehead atoms. The Labute approximate surface area is 203 Å². The Morgan fingerprint density at radius 1 is 0.943 bits per heavy atom. The van der Waals surface area contributed by atoms with E-state index >= 15 is 0 Å². The van der Waals surface area contributed by atoms with E-state index in [9.17, 15) is 4.79 Å². The molecule has 4 aromatic rings. The molecule has 0 N–H and O–H groups in total. The van der Waals surface area contributed by atoms with E-state index in [-0.39, 0.29) is 17.2 Å². The number of hydrogen-bond donors (Lipinski definition) is 0. The van der Waals surface area contributed by atoms with Gasteiger partial charge in [-0.25, -0.2) is 4.98 Å². The van der Waals surface area contributed by atoms with Gasteiger partial charge in [0.2, 0.25) is 11.6 Å². The minimum Gasteiger partial charge on any atom is -0.494 e. The zero-order valence-electron chi connectivity index (χ0n) is 20.2. The van der Waals surface area contributed by atoms with Gasteiger partial charge in [-0.1, -0.05) is 19.1 Å². The van der Waals surface area contributed by atoms with Gasteiger partial charge in [-0.2, -0.15) is 0 Å². The first-order valence-corrected chi connectivity index (χ1v) is 11.2. The third-order valence-electron chi connectivity index (χ3n) is 5.36. The van der Waals surface area contributed by atoms with Crippen LogP contribution in [0.5, 0.6) is 23.0 Å². The molecule has 0 aliphatic carbocycles. The number of para-hydroxylation sites is 2. The van der Waals surface area contributed by atoms with Crippen molar-refractivity contribution < 1.29 is 28.2 Å². The quantitative estimate of drug-likeness (QED) is 0.204. The SMILES string of the molecule is CCCOc1ccc(C(=O)C(=Cc2cc(OC)c(OC)c(OC)c2)c2nc3ccccc3o2)cc1. The average molecular weight is 474 g/mol. The maximum atomic E-state index is 13.7. The van der Waals surface area contributed by atoms with Crippen LogP contribution in [-0.2, 0) is 0 Å². The van der Waals surface area contributed by atoms with Gasteiger partial charge in [-0.15, -0.1) is 0 Å². The molecule has 0 saturated heterocycles. The van der Waals surface area contributed by atoms with Crippen LogP contribution in [0.4, 0.5) is 0 Å². The minimum atomic E-state index is -0.243. The van der Waals surface area contributed by atoms with Gasteiger partial charge in [0, 0.05) is 5.56 Å². The normalized spacial score (nSPS) is 11.4. The summed E-state index contributed by atoms with van der Waals surface area (Å²) < 4.78 is 28.0. The first-order chi connectivity index (χ1) is 17.1. The molecule has 0 fully saturated rings. The summed E-state index contributed by atoms with van der Waals surface area (Å²) in [5.41, 5.74) is 2.68. The van der Waals surface area contributed by atoms with Gasteiger partial charge in [0.1, 0.15) is 11.3 Å². The van der Waals surface area contributed by atoms with E-state index in [1.165, 1.54) is 7.11 Å². The Morgan fingerprint density at radius 2 is 1.63 bits per heavy atom. The Bertz CT molecular complexity index is 1300. The number of Topliss-reactive ketones (excluding diaryl/α,β-unsaturated/α-hetero) is 1. The van der Waals surface area contributed by atoms with Crippen molar-refractivity contribution in [3.8, 4) is 23.0 Å². The van der Waals surface area contributed by atoms with Crippen LogP contribution in [0.3, 0.4) is 0 Å². The van der Waals surface area contributed by atoms with Crippen molar-refractivity contribution in [2.24, 2.45) is 0 Å². The molecule has 35 heavy (non-hydrogen) atoms. The summed E-state index contributed by atoms with van der Waals surface area (Å²) in [4.78, 5) is 18.3. The highest BCUT2D eigenvalue weighted by molar-refractivity contribution is 6.31. The van der Waals surface area contributed by atoms with E-state index in [4.69, 9.17) is 23.4 Å². The number of ether oxygens (including phenoxy) is 4. The van der Waals surface area contributed by atoms with E-state index < -0.39 is 0 Å². The maximum Gasteiger partial charge on any atom is 0.231 e. The van der Waals surface area contributed by atoms with Crippen molar-refractivity contribution >= 4 is 28.5 Å². The van der Waals surface area contributed by atoms with Crippen LogP contribution < -0.4 is 18.9 Å². The van der Waals surface area contributed by atoms with Crippen molar-refractivity contribution in [2.75, 3.05) is 27.9 Å². The second-order valence-electron chi connectivity index (χ2n) is 7.71. The van der Waals surface area contributed by atoms with Gasteiger partial charge < -0.3 is 23.4 Å². The summed E-state index contributed by atoms with van der Waals surface area (Å²) >= 11 is 0. The number of hydrogen-bond acceptors (Lipinski definition) is 7. The molecule has 0 unspecified atom stereocenters. The van der Waals surface area contributed by atoms with E-state index in [1.807, 2.05) is 31.2 Å². The number of aromatic nitrogens is 1. The summed E-state index contributed by atoms with van der Waals surface area (Å²) in [6.45, 7) is 2.65. The monoisotopic (exact) mass is 473 g/mol. The van der Waals surface area contributed by atoms with Crippen LogP contribution in [0, 0.1) is 0 Å². The standard InChI is InChI=1S/C28H27NO6/c1-5-14-34-20-12-10-19(11-13-20)26(30)21(28-29-22-8-6-7-9-23(22)35-28)15-18-16-24(31-2)27(33-4)25(17-18)32-3/h6-13,15-17H,5,14H2,1-4H3. The van der Waals surface area contributed by atoms with Crippen molar-refractivity contribution in [3.05, 3.63) is 77.7 Å². The number of nitrogens with zero attached hydrogens (tertiary/aromatic N) is 1. The van der Waals surface area contributed by atoms with Crippen LogP contribution in [0.1, 0.15) is 35.2 Å². The number of allylic oxidation sites excluding steroid dienone is 1. The molecule has 0 aliphatic heterocycles. The average Bonchev–Trinajstić information content (AvgIpc) is 3.33. The number of oxazole rings is 1. The fourth-order valence-corrected chi connectivity index (χ4v) is 3.64. The number of carbonyl (C=O) groups excluding carboxylic acids is 1. The number of methoxy groups -OCH3 is 3. The summed E-state index contributed by atoms with van der Waals surface area (Å²) in [6.07, 6.45) is 2.61. The van der Waals surface area contributed by atoms with Gasteiger partial charge in [-0.3, -0.25) is 4.79 Å². The number of benzene rings is 3. The van der Waals surface area contributed by atoms with Gasteiger partial charge in [0.05, 0.1) is 33.5 Å². The molecule has 0 radical (unpaired) electrons. The number of ketones is 1. The second kappa shape index (κ2) is 10.8. The summed E-state index contributed by atoms with van der Waals surface area (Å²) in [6, 6.07) is 17.9. The fraction of sp³-hybridized carbons (Fsp3) is 0.214. The lowest BCUT2D eigenvalue weighted by molar-refractivity contribution is 0.105. The van der Waals surface area contributed by atoms with E-state index in [1.54, 1.807) is 56.7 Å². The second-order valence-corrected chi connectivity index (χ2v) is 7.71. The van der Waals surface area contributed by atoms with Crippen LogP contribution in [-0.4, -0.2) is 38.7 Å². The number of fused-ring (bicyclic) bond motifs is 1. The summed E-state index contributed by atoms with van der Waals surface area (Å²) in [5, 5.41) is 0. The van der Waals surface area contributed by atoms with Crippen molar-refractivity contribution in [2.45, 2.75) is 13.3 Å². The highest BCUT2D eigenvalue weighted by Gasteiger charge is 2.21. The van der Waals surface area contributed by atoms with Gasteiger partial charge in [0.15, 0.2) is 22.9 Å². The van der Waals surface area contributed by atoms with E-state index in [2.05, 4.69) is 4.98 Å². The molecule has 3 aromatic carbocycles. The molecule has 4 rings (SSSR count). The zero-order chi connectivity index (χ0) is 24.8. The lowest BCUT2D eigenvalue weighted by Gasteiger charge is -2.13. The van der Waals surface area contributed by atoms with Crippen molar-refractivity contribution in [1.82, 2.24) is 4.98 Å². The van der Waals surface area contributed by atoms with Gasteiger partial charge in [-0.05, 0) is 66.6 Å². The molecule has 0 spiro atoms. The predicted octanol–water partition coefficient (Wildman–Crippen LogP) is 6.07. The number of rotatable bonds is 10. The molecular formula is C28H27NO6. The molecule has 0 aliphatic rings. The maximum absolute atomic E-state index is 13.7.